The lowest BCUT2D eigenvalue weighted by Gasteiger charge is -2.28. The van der Waals surface area contributed by atoms with E-state index in [1.165, 1.54) is 0 Å². The highest BCUT2D eigenvalue weighted by Gasteiger charge is 2.30. The second-order valence-electron chi connectivity index (χ2n) is 7.07. The molecule has 4 rings (SSSR count). The first-order chi connectivity index (χ1) is 15.6. The highest BCUT2D eigenvalue weighted by Crippen LogP contribution is 2.42. The third-order valence-electron chi connectivity index (χ3n) is 5.04. The molecule has 0 amide bonds. The number of halogens is 1. The van der Waals surface area contributed by atoms with E-state index in [0.29, 0.717) is 5.82 Å². The van der Waals surface area contributed by atoms with Crippen LogP contribution in [0.1, 0.15) is 40.0 Å². The summed E-state index contributed by atoms with van der Waals surface area (Å²) in [6.07, 6.45) is 8.86. The number of nitrogens with one attached hydrogen (secondary N) is 1. The highest BCUT2D eigenvalue weighted by molar-refractivity contribution is 9.10. The molecule has 7 nitrogen and oxygen atoms in total. The van der Waals surface area contributed by atoms with E-state index in [2.05, 4.69) is 47.7 Å². The van der Waals surface area contributed by atoms with Crippen molar-refractivity contribution in [1.82, 2.24) is 24.7 Å². The number of aromatic nitrogens is 4. The summed E-state index contributed by atoms with van der Waals surface area (Å²) in [7, 11) is -2.73. The molecule has 0 saturated heterocycles. The first kappa shape index (κ1) is 22.2. The van der Waals surface area contributed by atoms with Gasteiger partial charge in [-0.05, 0) is 47.0 Å². The van der Waals surface area contributed by atoms with Crippen LogP contribution in [0.25, 0.3) is 0 Å². The molecule has 3 heterocycles. The average molecular weight is 510 g/mol. The lowest BCUT2D eigenvalue weighted by Crippen LogP contribution is -2.19. The van der Waals surface area contributed by atoms with Crippen LogP contribution in [-0.2, 0) is 17.4 Å². The van der Waals surface area contributed by atoms with Gasteiger partial charge in [0.05, 0.1) is 12.2 Å². The second kappa shape index (κ2) is 10.5. The van der Waals surface area contributed by atoms with Gasteiger partial charge in [0.1, 0.15) is 5.82 Å². The Labute approximate surface area is 196 Å². The fourth-order valence-electron chi connectivity index (χ4n) is 3.74. The van der Waals surface area contributed by atoms with Crippen LogP contribution in [0.4, 0.5) is 0 Å². The van der Waals surface area contributed by atoms with Gasteiger partial charge in [-0.2, -0.15) is 0 Å². The SMILES string of the molecule is O=[SH](=O)NCc1nccc(C(c2cccc(Br)c2)C(c2cccnc2)c2cccnc2)n1. The summed E-state index contributed by atoms with van der Waals surface area (Å²) in [5, 5.41) is 0. The van der Waals surface area contributed by atoms with Gasteiger partial charge in [-0.3, -0.25) is 9.97 Å². The van der Waals surface area contributed by atoms with E-state index in [1.807, 2.05) is 54.9 Å². The Balaban J connectivity index is 1.89. The van der Waals surface area contributed by atoms with Crippen LogP contribution in [-0.4, -0.2) is 28.4 Å². The molecule has 3 aromatic heterocycles. The minimum Gasteiger partial charge on any atom is -0.264 e. The van der Waals surface area contributed by atoms with Crippen molar-refractivity contribution in [2.45, 2.75) is 18.4 Å². The van der Waals surface area contributed by atoms with E-state index in [4.69, 9.17) is 4.98 Å². The van der Waals surface area contributed by atoms with Gasteiger partial charge >= 0.3 is 0 Å². The molecule has 1 aromatic carbocycles. The maximum Gasteiger partial charge on any atom is 0.201 e. The van der Waals surface area contributed by atoms with E-state index in [1.54, 1.807) is 18.6 Å². The summed E-state index contributed by atoms with van der Waals surface area (Å²) < 4.78 is 25.3. The van der Waals surface area contributed by atoms with E-state index in [9.17, 15) is 8.42 Å². The summed E-state index contributed by atoms with van der Waals surface area (Å²) in [4.78, 5) is 17.7. The van der Waals surface area contributed by atoms with Crippen LogP contribution < -0.4 is 4.72 Å². The molecule has 0 aliphatic carbocycles. The highest BCUT2D eigenvalue weighted by atomic mass is 79.9. The molecule has 0 bridgehead atoms. The zero-order valence-corrected chi connectivity index (χ0v) is 19.4. The average Bonchev–Trinajstić information content (AvgIpc) is 2.82. The Morgan fingerprint density at radius 1 is 0.844 bits per heavy atom. The Morgan fingerprint density at radius 2 is 1.53 bits per heavy atom. The second-order valence-corrected chi connectivity index (χ2v) is 8.82. The number of benzene rings is 1. The number of thiol groups is 1. The summed E-state index contributed by atoms with van der Waals surface area (Å²) in [5.74, 6) is 0.0834. The smallest absolute Gasteiger partial charge is 0.201 e. The van der Waals surface area contributed by atoms with Crippen LogP contribution in [0.5, 0.6) is 0 Å². The molecule has 0 aliphatic rings. The maximum atomic E-state index is 11.0. The van der Waals surface area contributed by atoms with Gasteiger partial charge in [0.2, 0.25) is 10.9 Å². The van der Waals surface area contributed by atoms with Gasteiger partial charge in [0.15, 0.2) is 0 Å². The molecular formula is C23H20BrN5O2S. The van der Waals surface area contributed by atoms with Crippen molar-refractivity contribution in [3.8, 4) is 0 Å². The standard InChI is InChI=1S/C23H20BrN5O2S/c24-19-7-1-4-16(12-19)23(20-8-11-27-21(29-20)15-28-32(30)31)22(17-5-2-9-25-13-17)18-6-3-10-26-14-18/h1-14,22-23,32H,15H2,(H,28,30,31). The van der Waals surface area contributed by atoms with E-state index in [0.717, 1.165) is 26.9 Å². The number of hydrogen-bond acceptors (Lipinski definition) is 6. The maximum absolute atomic E-state index is 11.0. The van der Waals surface area contributed by atoms with Crippen LogP contribution in [0.15, 0.2) is 90.1 Å². The van der Waals surface area contributed by atoms with Crippen molar-refractivity contribution in [3.05, 3.63) is 118 Å². The lowest BCUT2D eigenvalue weighted by molar-refractivity contribution is 0.598. The monoisotopic (exact) mass is 509 g/mol. The van der Waals surface area contributed by atoms with Crippen LogP contribution >= 0.6 is 15.9 Å². The third kappa shape index (κ3) is 5.42. The zero-order chi connectivity index (χ0) is 22.3. The number of rotatable bonds is 8. The lowest BCUT2D eigenvalue weighted by atomic mass is 9.76. The quantitative estimate of drug-likeness (QED) is 0.352. The molecule has 4 aromatic rings. The topological polar surface area (TPSA) is 97.7 Å². The van der Waals surface area contributed by atoms with E-state index < -0.39 is 10.9 Å². The minimum absolute atomic E-state index is 0.0300. The Hall–Kier alpha value is -3.01. The van der Waals surface area contributed by atoms with E-state index >= 15 is 0 Å². The first-order valence-electron chi connectivity index (χ1n) is 9.87. The molecule has 0 aliphatic heterocycles. The van der Waals surface area contributed by atoms with Crippen molar-refractivity contribution >= 4 is 26.8 Å². The van der Waals surface area contributed by atoms with Crippen molar-refractivity contribution in [2.75, 3.05) is 0 Å². The Morgan fingerprint density at radius 3 is 2.12 bits per heavy atom. The minimum atomic E-state index is -2.73. The zero-order valence-electron chi connectivity index (χ0n) is 16.9. The fraction of sp³-hybridized carbons (Fsp3) is 0.130. The summed E-state index contributed by atoms with van der Waals surface area (Å²) in [5.41, 5.74) is 3.86. The Bertz CT molecular complexity index is 1210. The summed E-state index contributed by atoms with van der Waals surface area (Å²) in [6.45, 7) is 0.0300. The molecular weight excluding hydrogens is 490 g/mol. The summed E-state index contributed by atoms with van der Waals surface area (Å²) >= 11 is 3.59. The van der Waals surface area contributed by atoms with Gasteiger partial charge in [0, 0.05) is 47.3 Å². The van der Waals surface area contributed by atoms with Gasteiger partial charge < -0.3 is 0 Å². The van der Waals surface area contributed by atoms with Gasteiger partial charge in [-0.25, -0.2) is 23.1 Å². The fourth-order valence-corrected chi connectivity index (χ4v) is 4.43. The molecule has 32 heavy (non-hydrogen) atoms. The van der Waals surface area contributed by atoms with E-state index in [-0.39, 0.29) is 18.4 Å². The molecule has 1 unspecified atom stereocenters. The van der Waals surface area contributed by atoms with Crippen molar-refractivity contribution < 1.29 is 8.42 Å². The van der Waals surface area contributed by atoms with Crippen molar-refractivity contribution in [1.29, 1.82) is 0 Å². The van der Waals surface area contributed by atoms with Crippen LogP contribution in [0, 0.1) is 0 Å². The predicted octanol–water partition coefficient (Wildman–Crippen LogP) is 3.61. The van der Waals surface area contributed by atoms with Crippen molar-refractivity contribution in [2.24, 2.45) is 0 Å². The molecule has 0 radical (unpaired) electrons. The number of pyridine rings is 2. The molecule has 9 heteroatoms. The summed E-state index contributed by atoms with van der Waals surface area (Å²) in [6, 6.07) is 17.9. The van der Waals surface area contributed by atoms with Gasteiger partial charge in [0.25, 0.3) is 0 Å². The number of nitrogens with zero attached hydrogens (tertiary/aromatic N) is 4. The van der Waals surface area contributed by atoms with Gasteiger partial charge in [-0.1, -0.05) is 40.2 Å². The van der Waals surface area contributed by atoms with Crippen molar-refractivity contribution in [3.63, 3.8) is 0 Å². The molecule has 1 N–H and O–H groups in total. The molecule has 162 valence electrons. The molecule has 0 saturated carbocycles. The number of hydrogen-bond donors (Lipinski definition) is 2. The molecule has 1 atom stereocenters. The van der Waals surface area contributed by atoms with Gasteiger partial charge in [-0.15, -0.1) is 0 Å². The third-order valence-corrected chi connectivity index (χ3v) is 5.95. The largest absolute Gasteiger partial charge is 0.264 e. The molecule has 0 spiro atoms. The molecule has 0 fully saturated rings. The van der Waals surface area contributed by atoms with Crippen LogP contribution in [0.3, 0.4) is 0 Å². The predicted molar refractivity (Wildman–Crippen MR) is 125 cm³/mol. The first-order valence-corrected chi connectivity index (χ1v) is 11.8. The Kier molecular flexibility index (Phi) is 7.31. The van der Waals surface area contributed by atoms with Crippen LogP contribution in [0.2, 0.25) is 0 Å². The normalized spacial score (nSPS) is 12.2.